The van der Waals surface area contributed by atoms with Crippen molar-refractivity contribution in [1.29, 1.82) is 0 Å². The van der Waals surface area contributed by atoms with Crippen LogP contribution in [0.2, 0.25) is 0 Å². The van der Waals surface area contributed by atoms with Crippen LogP contribution in [0, 0.1) is 0 Å². The van der Waals surface area contributed by atoms with Crippen LogP contribution in [0.5, 0.6) is 0 Å². The molecule has 0 aromatic heterocycles. The van der Waals surface area contributed by atoms with Crippen molar-refractivity contribution >= 4 is 0 Å². The quantitative estimate of drug-likeness (QED) is 0.622. The zero-order valence-corrected chi connectivity index (χ0v) is 6.71. The molecule has 0 bridgehead atoms. The average Bonchev–Trinajstić information content (AvgIpc) is 2.07. The summed E-state index contributed by atoms with van der Waals surface area (Å²) in [7, 11) is 1.60. The predicted octanol–water partition coefficient (Wildman–Crippen LogP) is 1.93. The van der Waals surface area contributed by atoms with Crippen molar-refractivity contribution in [3.63, 3.8) is 0 Å². The molecule has 60 valence electrons. The molecular weight excluding hydrogens is 138 g/mol. The van der Waals surface area contributed by atoms with Crippen molar-refractivity contribution < 1.29 is 4.84 Å². The van der Waals surface area contributed by atoms with E-state index in [-0.39, 0.29) is 0 Å². The van der Waals surface area contributed by atoms with Gasteiger partial charge in [-0.05, 0) is 24.5 Å². The van der Waals surface area contributed by atoms with E-state index in [0.29, 0.717) is 0 Å². The van der Waals surface area contributed by atoms with Crippen molar-refractivity contribution in [3.8, 4) is 0 Å². The number of hydroxylamine groups is 1. The zero-order chi connectivity index (χ0) is 7.94. The van der Waals surface area contributed by atoms with Gasteiger partial charge in [0.1, 0.15) is 0 Å². The first-order valence-corrected chi connectivity index (χ1v) is 3.74. The maximum atomic E-state index is 4.65. The van der Waals surface area contributed by atoms with Crippen molar-refractivity contribution in [1.82, 2.24) is 5.48 Å². The Labute approximate surface area is 67.2 Å². The Morgan fingerprint density at radius 2 is 2.55 bits per heavy atom. The summed E-state index contributed by atoms with van der Waals surface area (Å²) >= 11 is 0. The van der Waals surface area contributed by atoms with Gasteiger partial charge in [0.2, 0.25) is 0 Å². The molecule has 0 atom stereocenters. The highest BCUT2D eigenvalue weighted by molar-refractivity contribution is 5.26. The van der Waals surface area contributed by atoms with Gasteiger partial charge in [-0.1, -0.05) is 18.2 Å². The topological polar surface area (TPSA) is 21.3 Å². The molecule has 1 aliphatic rings. The summed E-state index contributed by atoms with van der Waals surface area (Å²) in [6.45, 7) is 0. The number of nitrogens with one attached hydrogen (secondary N) is 1. The molecule has 1 N–H and O–H groups in total. The highest BCUT2D eigenvalue weighted by atomic mass is 16.6. The van der Waals surface area contributed by atoms with E-state index in [0.717, 1.165) is 12.8 Å². The normalized spacial score (nSPS) is 17.0. The van der Waals surface area contributed by atoms with Crippen LogP contribution in [0.1, 0.15) is 12.8 Å². The minimum Gasteiger partial charge on any atom is -0.280 e. The number of allylic oxidation sites excluding steroid dienone is 5. The second kappa shape index (κ2) is 4.74. The lowest BCUT2D eigenvalue weighted by atomic mass is 10.1. The van der Waals surface area contributed by atoms with Gasteiger partial charge in [-0.3, -0.25) is 10.3 Å². The summed E-state index contributed by atoms with van der Waals surface area (Å²) in [5.74, 6) is 0. The minimum absolute atomic E-state index is 1.12. The molecule has 1 aliphatic carbocycles. The molecule has 0 heterocycles. The van der Waals surface area contributed by atoms with E-state index in [2.05, 4.69) is 28.5 Å². The summed E-state index contributed by atoms with van der Waals surface area (Å²) in [5.41, 5.74) is 3.98. The van der Waals surface area contributed by atoms with E-state index in [1.807, 2.05) is 6.08 Å². The SMILES string of the molecule is CON/C=C\C1=CC=CCC1. The molecule has 1 rings (SSSR count). The van der Waals surface area contributed by atoms with Gasteiger partial charge in [-0.25, -0.2) is 0 Å². The smallest absolute Gasteiger partial charge is 0.0636 e. The molecular formula is C9H13NO. The maximum absolute atomic E-state index is 4.65. The third-order valence-electron chi connectivity index (χ3n) is 1.53. The van der Waals surface area contributed by atoms with E-state index in [1.54, 1.807) is 13.3 Å². The first kappa shape index (κ1) is 8.08. The Balaban J connectivity index is 2.35. The summed E-state index contributed by atoms with van der Waals surface area (Å²) in [4.78, 5) is 4.65. The van der Waals surface area contributed by atoms with Crippen LogP contribution in [-0.4, -0.2) is 7.11 Å². The Hall–Kier alpha value is -1.02. The first-order chi connectivity index (χ1) is 5.43. The lowest BCUT2D eigenvalue weighted by molar-refractivity contribution is 0.128. The van der Waals surface area contributed by atoms with Gasteiger partial charge in [0, 0.05) is 6.20 Å². The molecule has 0 saturated carbocycles. The Bertz CT molecular complexity index is 192. The number of rotatable bonds is 3. The Kier molecular flexibility index (Phi) is 3.48. The molecule has 2 nitrogen and oxygen atoms in total. The largest absolute Gasteiger partial charge is 0.280 e. The van der Waals surface area contributed by atoms with Gasteiger partial charge in [-0.2, -0.15) is 0 Å². The molecule has 0 unspecified atom stereocenters. The molecule has 0 radical (unpaired) electrons. The van der Waals surface area contributed by atoms with Crippen molar-refractivity contribution in [2.75, 3.05) is 7.11 Å². The fraction of sp³-hybridized carbons (Fsp3) is 0.333. The van der Waals surface area contributed by atoms with Gasteiger partial charge in [0.15, 0.2) is 0 Å². The van der Waals surface area contributed by atoms with Crippen LogP contribution >= 0.6 is 0 Å². The van der Waals surface area contributed by atoms with E-state index in [4.69, 9.17) is 0 Å². The third kappa shape index (κ3) is 3.05. The van der Waals surface area contributed by atoms with Gasteiger partial charge in [-0.15, -0.1) is 0 Å². The second-order valence-corrected chi connectivity index (χ2v) is 2.36. The molecule has 2 heteroatoms. The second-order valence-electron chi connectivity index (χ2n) is 2.36. The summed E-state index contributed by atoms with van der Waals surface area (Å²) in [5, 5.41) is 0. The highest BCUT2D eigenvalue weighted by Crippen LogP contribution is 2.11. The van der Waals surface area contributed by atoms with Crippen molar-refractivity contribution in [3.05, 3.63) is 36.1 Å². The zero-order valence-electron chi connectivity index (χ0n) is 6.71. The summed E-state index contributed by atoms with van der Waals surface area (Å²) in [6.07, 6.45) is 12.4. The van der Waals surface area contributed by atoms with Gasteiger partial charge >= 0.3 is 0 Å². The maximum Gasteiger partial charge on any atom is 0.0636 e. The van der Waals surface area contributed by atoms with Crippen LogP contribution in [0.3, 0.4) is 0 Å². The monoisotopic (exact) mass is 151 g/mol. The predicted molar refractivity (Wildman–Crippen MR) is 45.7 cm³/mol. The lowest BCUT2D eigenvalue weighted by Gasteiger charge is -2.02. The molecule has 0 aromatic rings. The Morgan fingerprint density at radius 3 is 3.18 bits per heavy atom. The van der Waals surface area contributed by atoms with E-state index >= 15 is 0 Å². The molecule has 11 heavy (non-hydrogen) atoms. The van der Waals surface area contributed by atoms with Crippen LogP contribution < -0.4 is 5.48 Å². The Morgan fingerprint density at radius 1 is 1.64 bits per heavy atom. The third-order valence-corrected chi connectivity index (χ3v) is 1.53. The van der Waals surface area contributed by atoms with Crippen LogP contribution in [0.4, 0.5) is 0 Å². The van der Waals surface area contributed by atoms with Crippen LogP contribution in [0.15, 0.2) is 36.1 Å². The standard InChI is InChI=1S/C9H13NO/c1-11-10-8-7-9-5-3-2-4-6-9/h2-3,5,7-8,10H,4,6H2,1H3/b8-7-. The van der Waals surface area contributed by atoms with E-state index in [9.17, 15) is 0 Å². The lowest BCUT2D eigenvalue weighted by Crippen LogP contribution is -2.00. The molecule has 0 saturated heterocycles. The number of hydrogen-bond donors (Lipinski definition) is 1. The minimum atomic E-state index is 1.12. The van der Waals surface area contributed by atoms with Crippen molar-refractivity contribution in [2.24, 2.45) is 0 Å². The summed E-state index contributed by atoms with van der Waals surface area (Å²) in [6, 6.07) is 0. The van der Waals surface area contributed by atoms with E-state index in [1.165, 1.54) is 5.57 Å². The van der Waals surface area contributed by atoms with Gasteiger partial charge in [0.25, 0.3) is 0 Å². The van der Waals surface area contributed by atoms with Gasteiger partial charge < -0.3 is 0 Å². The number of hydrogen-bond acceptors (Lipinski definition) is 2. The van der Waals surface area contributed by atoms with Gasteiger partial charge in [0.05, 0.1) is 7.11 Å². The molecule has 0 amide bonds. The average molecular weight is 151 g/mol. The fourth-order valence-electron chi connectivity index (χ4n) is 0.969. The van der Waals surface area contributed by atoms with Crippen molar-refractivity contribution in [2.45, 2.75) is 12.8 Å². The molecule has 0 aromatic carbocycles. The first-order valence-electron chi connectivity index (χ1n) is 3.74. The molecule has 0 aliphatic heterocycles. The highest BCUT2D eigenvalue weighted by Gasteiger charge is 1.92. The van der Waals surface area contributed by atoms with E-state index < -0.39 is 0 Å². The van der Waals surface area contributed by atoms with Crippen LogP contribution in [-0.2, 0) is 4.84 Å². The van der Waals surface area contributed by atoms with Crippen LogP contribution in [0.25, 0.3) is 0 Å². The molecule has 0 fully saturated rings. The summed E-state index contributed by atoms with van der Waals surface area (Å²) < 4.78 is 0. The fourth-order valence-corrected chi connectivity index (χ4v) is 0.969. The molecule has 0 spiro atoms.